The highest BCUT2D eigenvalue weighted by Crippen LogP contribution is 2.29. The van der Waals surface area contributed by atoms with E-state index in [1.165, 1.54) is 44.1 Å². The molecular weight excluding hydrogens is 476 g/mol. The van der Waals surface area contributed by atoms with Crippen LogP contribution in [0, 0.1) is 0 Å². The van der Waals surface area contributed by atoms with Gasteiger partial charge in [-0.15, -0.1) is 0 Å². The van der Waals surface area contributed by atoms with Crippen molar-refractivity contribution in [2.24, 2.45) is 0 Å². The average Bonchev–Trinajstić information content (AvgIpc) is 3.38. The van der Waals surface area contributed by atoms with Crippen LogP contribution in [0.5, 0.6) is 5.75 Å². The first-order valence-electron chi connectivity index (χ1n) is 13.6. The van der Waals surface area contributed by atoms with Gasteiger partial charge in [0, 0.05) is 49.5 Å². The van der Waals surface area contributed by atoms with Crippen LogP contribution in [0.15, 0.2) is 36.7 Å². The number of halogens is 1. The Bertz CT molecular complexity index is 985. The fourth-order valence-electron chi connectivity index (χ4n) is 5.84. The van der Waals surface area contributed by atoms with Gasteiger partial charge >= 0.3 is 0 Å². The Kier molecular flexibility index (Phi) is 8.50. The van der Waals surface area contributed by atoms with Crippen molar-refractivity contribution in [3.63, 3.8) is 0 Å². The molecule has 0 radical (unpaired) electrons. The predicted molar refractivity (Wildman–Crippen MR) is 140 cm³/mol. The molecule has 196 valence electrons. The molecule has 3 heterocycles. The molecule has 1 saturated carbocycles. The Morgan fingerprint density at radius 1 is 1.06 bits per heavy atom. The van der Waals surface area contributed by atoms with Crippen molar-refractivity contribution in [1.29, 1.82) is 0 Å². The topological polar surface area (TPSA) is 59.8 Å². The van der Waals surface area contributed by atoms with Gasteiger partial charge in [0.2, 0.25) is 5.91 Å². The summed E-state index contributed by atoms with van der Waals surface area (Å²) in [5.74, 6) is 0.903. The lowest BCUT2D eigenvalue weighted by Crippen LogP contribution is -2.57. The SMILES string of the molecule is O=C(C[C@@]1(COc2ccc(Cl)cc2)CN(Cc2cnn(C3CCCCC3)c2)CCO1)N1CCCCC1. The van der Waals surface area contributed by atoms with Crippen LogP contribution in [0.25, 0.3) is 0 Å². The number of aromatic nitrogens is 2. The molecule has 0 N–H and O–H groups in total. The Morgan fingerprint density at radius 3 is 2.58 bits per heavy atom. The van der Waals surface area contributed by atoms with E-state index in [0.717, 1.165) is 44.8 Å². The van der Waals surface area contributed by atoms with Crippen molar-refractivity contribution in [3.8, 4) is 5.75 Å². The number of carbonyl (C=O) groups is 1. The number of likely N-dealkylation sites (tertiary alicyclic amines) is 1. The lowest BCUT2D eigenvalue weighted by atomic mass is 9.95. The smallest absolute Gasteiger partial charge is 0.225 e. The molecule has 3 aliphatic rings. The van der Waals surface area contributed by atoms with Crippen LogP contribution < -0.4 is 4.74 Å². The van der Waals surface area contributed by atoms with Crippen molar-refractivity contribution >= 4 is 17.5 Å². The Balaban J connectivity index is 1.27. The molecule has 5 rings (SSSR count). The van der Waals surface area contributed by atoms with Gasteiger partial charge in [0.25, 0.3) is 0 Å². The van der Waals surface area contributed by atoms with Crippen molar-refractivity contribution in [2.45, 2.75) is 76.0 Å². The summed E-state index contributed by atoms with van der Waals surface area (Å²) < 4.78 is 14.7. The molecular formula is C28H39ClN4O3. The second kappa shape index (κ2) is 12.0. The minimum atomic E-state index is -0.689. The molecule has 2 aromatic rings. The monoisotopic (exact) mass is 514 g/mol. The van der Waals surface area contributed by atoms with Crippen LogP contribution in [-0.2, 0) is 16.1 Å². The quantitative estimate of drug-likeness (QED) is 0.491. The minimum Gasteiger partial charge on any atom is -0.491 e. The maximum absolute atomic E-state index is 13.3. The number of piperidine rings is 1. The van der Waals surface area contributed by atoms with Crippen LogP contribution in [0.1, 0.15) is 69.4 Å². The Hall–Kier alpha value is -2.09. The normalized spacial score (nSPS) is 24.1. The third kappa shape index (κ3) is 6.61. The largest absolute Gasteiger partial charge is 0.491 e. The molecule has 36 heavy (non-hydrogen) atoms. The van der Waals surface area contributed by atoms with E-state index in [1.54, 1.807) is 0 Å². The maximum Gasteiger partial charge on any atom is 0.225 e. The van der Waals surface area contributed by atoms with Gasteiger partial charge in [-0.3, -0.25) is 14.4 Å². The van der Waals surface area contributed by atoms with Crippen molar-refractivity contribution in [3.05, 3.63) is 47.2 Å². The van der Waals surface area contributed by atoms with Gasteiger partial charge in [-0.25, -0.2) is 0 Å². The van der Waals surface area contributed by atoms with E-state index in [2.05, 4.69) is 15.8 Å². The van der Waals surface area contributed by atoms with Crippen LogP contribution in [0.2, 0.25) is 5.02 Å². The van der Waals surface area contributed by atoms with E-state index < -0.39 is 5.60 Å². The fraction of sp³-hybridized carbons (Fsp3) is 0.643. The van der Waals surface area contributed by atoms with Crippen molar-refractivity contribution in [1.82, 2.24) is 19.6 Å². The average molecular weight is 515 g/mol. The van der Waals surface area contributed by atoms with E-state index in [-0.39, 0.29) is 5.91 Å². The number of rotatable bonds is 8. The summed E-state index contributed by atoms with van der Waals surface area (Å²) in [6.07, 6.45) is 14.3. The summed E-state index contributed by atoms with van der Waals surface area (Å²) in [5.41, 5.74) is 0.531. The molecule has 8 heteroatoms. The second-order valence-electron chi connectivity index (χ2n) is 10.7. The zero-order chi connectivity index (χ0) is 24.8. The van der Waals surface area contributed by atoms with Gasteiger partial charge in [-0.2, -0.15) is 5.10 Å². The zero-order valence-electron chi connectivity index (χ0n) is 21.2. The minimum absolute atomic E-state index is 0.168. The fourth-order valence-corrected chi connectivity index (χ4v) is 5.97. The first kappa shape index (κ1) is 25.6. The highest BCUT2D eigenvalue weighted by Gasteiger charge is 2.41. The van der Waals surface area contributed by atoms with Crippen LogP contribution in [-0.4, -0.2) is 70.5 Å². The first-order chi connectivity index (χ1) is 17.6. The van der Waals surface area contributed by atoms with E-state index >= 15 is 0 Å². The van der Waals surface area contributed by atoms with Gasteiger partial charge in [0.15, 0.2) is 0 Å². The van der Waals surface area contributed by atoms with Crippen LogP contribution >= 0.6 is 11.6 Å². The molecule has 1 aliphatic carbocycles. The summed E-state index contributed by atoms with van der Waals surface area (Å²) in [6.45, 7) is 4.87. The van der Waals surface area contributed by atoms with E-state index in [0.29, 0.717) is 37.2 Å². The Morgan fingerprint density at radius 2 is 1.81 bits per heavy atom. The second-order valence-corrected chi connectivity index (χ2v) is 11.2. The highest BCUT2D eigenvalue weighted by atomic mass is 35.5. The van der Waals surface area contributed by atoms with E-state index in [9.17, 15) is 4.79 Å². The maximum atomic E-state index is 13.3. The first-order valence-corrected chi connectivity index (χ1v) is 14.0. The number of carbonyl (C=O) groups excluding carboxylic acids is 1. The molecule has 0 spiro atoms. The van der Waals surface area contributed by atoms with E-state index in [4.69, 9.17) is 26.2 Å². The van der Waals surface area contributed by atoms with Gasteiger partial charge < -0.3 is 14.4 Å². The molecule has 1 aromatic carbocycles. The molecule has 0 unspecified atom stereocenters. The Labute approximate surface area is 219 Å². The molecule has 1 atom stereocenters. The van der Waals surface area contributed by atoms with Gasteiger partial charge in [-0.1, -0.05) is 30.9 Å². The number of ether oxygens (including phenoxy) is 2. The zero-order valence-corrected chi connectivity index (χ0v) is 22.0. The number of amides is 1. The molecule has 1 amide bonds. The van der Waals surface area contributed by atoms with Gasteiger partial charge in [-0.05, 0) is 56.4 Å². The summed E-state index contributed by atoms with van der Waals surface area (Å²) in [7, 11) is 0. The predicted octanol–water partition coefficient (Wildman–Crippen LogP) is 5.09. The molecule has 3 fully saturated rings. The number of morpholine rings is 1. The third-order valence-corrected chi connectivity index (χ3v) is 8.09. The number of nitrogens with zero attached hydrogens (tertiary/aromatic N) is 4. The molecule has 1 aromatic heterocycles. The summed E-state index contributed by atoms with van der Waals surface area (Å²) in [4.78, 5) is 17.7. The molecule has 2 aliphatic heterocycles. The van der Waals surface area contributed by atoms with Crippen molar-refractivity contribution < 1.29 is 14.3 Å². The lowest BCUT2D eigenvalue weighted by molar-refractivity contribution is -0.157. The molecule has 7 nitrogen and oxygen atoms in total. The lowest BCUT2D eigenvalue weighted by Gasteiger charge is -2.43. The van der Waals surface area contributed by atoms with Gasteiger partial charge in [0.05, 0.1) is 25.3 Å². The number of benzene rings is 1. The number of hydrogen-bond donors (Lipinski definition) is 0. The van der Waals surface area contributed by atoms with Crippen LogP contribution in [0.3, 0.4) is 0 Å². The highest BCUT2D eigenvalue weighted by molar-refractivity contribution is 6.30. The van der Waals surface area contributed by atoms with Crippen molar-refractivity contribution in [2.75, 3.05) is 39.4 Å². The van der Waals surface area contributed by atoms with Gasteiger partial charge in [0.1, 0.15) is 18.0 Å². The summed E-state index contributed by atoms with van der Waals surface area (Å²) in [5, 5.41) is 5.37. The standard InChI is InChI=1S/C28H39ClN4O3/c29-24-9-11-26(12-10-24)35-22-28(17-27(34)32-13-5-2-6-14-32)21-31(15-16-36-28)19-23-18-30-33(20-23)25-7-3-1-4-8-25/h9-12,18,20,25H,1-8,13-17,19,21-22H2/t28-/m0/s1. The summed E-state index contributed by atoms with van der Waals surface area (Å²) in [6, 6.07) is 7.90. The third-order valence-electron chi connectivity index (χ3n) is 7.84. The summed E-state index contributed by atoms with van der Waals surface area (Å²) >= 11 is 6.05. The van der Waals surface area contributed by atoms with E-state index in [1.807, 2.05) is 35.4 Å². The molecule has 2 saturated heterocycles. The number of hydrogen-bond acceptors (Lipinski definition) is 5. The van der Waals surface area contributed by atoms with Crippen LogP contribution in [0.4, 0.5) is 0 Å². The molecule has 0 bridgehead atoms.